The van der Waals surface area contributed by atoms with E-state index in [0.29, 0.717) is 16.9 Å². The molecule has 2 amide bonds. The minimum Gasteiger partial charge on any atom is -0.443 e. The molecule has 0 fully saturated rings. The Labute approximate surface area is 176 Å². The van der Waals surface area contributed by atoms with Gasteiger partial charge in [-0.25, -0.2) is 4.79 Å². The number of carbonyl (C=O) groups excluding carboxylic acids is 2. The molecule has 1 N–H and O–H groups in total. The third kappa shape index (κ3) is 5.44. The summed E-state index contributed by atoms with van der Waals surface area (Å²) in [5, 5.41) is 2.86. The van der Waals surface area contributed by atoms with E-state index in [1.165, 1.54) is 11.1 Å². The molecule has 0 aliphatic rings. The summed E-state index contributed by atoms with van der Waals surface area (Å²) < 4.78 is 5.39. The van der Waals surface area contributed by atoms with Crippen LogP contribution in [0.3, 0.4) is 0 Å². The molecule has 0 aliphatic carbocycles. The fourth-order valence-corrected chi connectivity index (χ4v) is 2.78. The standard InChI is InChI=1S/C24H25N3O3/c1-24(2,3)30-23(29)27(4)21-12-8-11-20(14-21)26-22(28)19-13-18(15-25-16-19)17-9-6-5-7-10-17/h5-16H,1-4H3,(H,26,28). The zero-order valence-electron chi connectivity index (χ0n) is 17.5. The van der Waals surface area contributed by atoms with Gasteiger partial charge in [0.15, 0.2) is 0 Å². The van der Waals surface area contributed by atoms with Gasteiger partial charge in [-0.05, 0) is 50.6 Å². The molecule has 0 saturated heterocycles. The smallest absolute Gasteiger partial charge is 0.414 e. The van der Waals surface area contributed by atoms with Crippen LogP contribution in [0.1, 0.15) is 31.1 Å². The minimum atomic E-state index is -0.589. The third-order valence-corrected chi connectivity index (χ3v) is 4.27. The predicted molar refractivity (Wildman–Crippen MR) is 119 cm³/mol. The van der Waals surface area contributed by atoms with Gasteiger partial charge in [0.05, 0.1) is 5.56 Å². The highest BCUT2D eigenvalue weighted by Crippen LogP contribution is 2.22. The lowest BCUT2D eigenvalue weighted by Crippen LogP contribution is -2.34. The lowest BCUT2D eigenvalue weighted by molar-refractivity contribution is 0.0589. The van der Waals surface area contributed by atoms with Crippen LogP contribution in [0.25, 0.3) is 11.1 Å². The van der Waals surface area contributed by atoms with Gasteiger partial charge < -0.3 is 10.1 Å². The van der Waals surface area contributed by atoms with Crippen molar-refractivity contribution in [2.24, 2.45) is 0 Å². The SMILES string of the molecule is CN(C(=O)OC(C)(C)C)c1cccc(NC(=O)c2cncc(-c3ccccc3)c2)c1. The van der Waals surface area contributed by atoms with Crippen LogP contribution >= 0.6 is 0 Å². The van der Waals surface area contributed by atoms with Crippen molar-refractivity contribution in [3.63, 3.8) is 0 Å². The van der Waals surface area contributed by atoms with E-state index in [2.05, 4.69) is 10.3 Å². The number of amides is 2. The summed E-state index contributed by atoms with van der Waals surface area (Å²) in [6.07, 6.45) is 2.78. The number of anilines is 2. The van der Waals surface area contributed by atoms with Crippen molar-refractivity contribution in [2.75, 3.05) is 17.3 Å². The van der Waals surface area contributed by atoms with E-state index in [1.54, 1.807) is 43.6 Å². The summed E-state index contributed by atoms with van der Waals surface area (Å²) in [6.45, 7) is 5.44. The van der Waals surface area contributed by atoms with Crippen molar-refractivity contribution in [3.05, 3.63) is 78.6 Å². The van der Waals surface area contributed by atoms with Crippen LogP contribution in [0.15, 0.2) is 73.1 Å². The number of benzene rings is 2. The van der Waals surface area contributed by atoms with Gasteiger partial charge in [-0.3, -0.25) is 14.7 Å². The average molecular weight is 403 g/mol. The molecule has 0 radical (unpaired) electrons. The van der Waals surface area contributed by atoms with Crippen molar-refractivity contribution < 1.29 is 14.3 Å². The van der Waals surface area contributed by atoms with Crippen molar-refractivity contribution in [1.29, 1.82) is 0 Å². The van der Waals surface area contributed by atoms with E-state index >= 15 is 0 Å². The molecule has 3 rings (SSSR count). The van der Waals surface area contributed by atoms with Crippen LogP contribution in [-0.2, 0) is 4.74 Å². The maximum Gasteiger partial charge on any atom is 0.414 e. The van der Waals surface area contributed by atoms with Gasteiger partial charge >= 0.3 is 6.09 Å². The van der Waals surface area contributed by atoms with Gasteiger partial charge in [-0.2, -0.15) is 0 Å². The second-order valence-corrected chi connectivity index (χ2v) is 7.87. The topological polar surface area (TPSA) is 71.5 Å². The number of rotatable bonds is 4. The lowest BCUT2D eigenvalue weighted by atomic mass is 10.1. The van der Waals surface area contributed by atoms with Crippen LogP contribution in [0.5, 0.6) is 0 Å². The number of pyridine rings is 1. The van der Waals surface area contributed by atoms with Crippen molar-refractivity contribution in [2.45, 2.75) is 26.4 Å². The molecule has 6 nitrogen and oxygen atoms in total. The molecule has 30 heavy (non-hydrogen) atoms. The Kier molecular flexibility index (Phi) is 6.16. The van der Waals surface area contributed by atoms with Crippen molar-refractivity contribution >= 4 is 23.4 Å². The van der Waals surface area contributed by atoms with Gasteiger partial charge in [-0.1, -0.05) is 36.4 Å². The molecule has 1 aromatic heterocycles. The number of nitrogens with zero attached hydrogens (tertiary/aromatic N) is 2. The molecular formula is C24H25N3O3. The second kappa shape index (κ2) is 8.78. The number of nitrogens with one attached hydrogen (secondary N) is 1. The Balaban J connectivity index is 1.75. The third-order valence-electron chi connectivity index (χ3n) is 4.27. The van der Waals surface area contributed by atoms with E-state index < -0.39 is 11.7 Å². The first-order valence-electron chi connectivity index (χ1n) is 9.61. The summed E-state index contributed by atoms with van der Waals surface area (Å²) in [5.74, 6) is -0.280. The highest BCUT2D eigenvalue weighted by Gasteiger charge is 2.21. The molecule has 0 unspecified atom stereocenters. The molecule has 6 heteroatoms. The Morgan fingerprint density at radius 1 is 0.933 bits per heavy atom. The fourth-order valence-electron chi connectivity index (χ4n) is 2.78. The van der Waals surface area contributed by atoms with E-state index in [1.807, 2.05) is 51.1 Å². The first-order valence-corrected chi connectivity index (χ1v) is 9.61. The van der Waals surface area contributed by atoms with Gasteiger partial charge in [0.2, 0.25) is 0 Å². The first-order chi connectivity index (χ1) is 14.2. The van der Waals surface area contributed by atoms with Crippen LogP contribution < -0.4 is 10.2 Å². The number of ether oxygens (including phenoxy) is 1. The molecule has 154 valence electrons. The Morgan fingerprint density at radius 3 is 2.37 bits per heavy atom. The molecule has 0 spiro atoms. The van der Waals surface area contributed by atoms with E-state index in [4.69, 9.17) is 4.74 Å². The molecule has 0 saturated carbocycles. The highest BCUT2D eigenvalue weighted by atomic mass is 16.6. The van der Waals surface area contributed by atoms with Crippen LogP contribution in [0.2, 0.25) is 0 Å². The molecule has 1 heterocycles. The molecule has 0 atom stereocenters. The summed E-state index contributed by atoms with van der Waals surface area (Å²) in [7, 11) is 1.63. The maximum absolute atomic E-state index is 12.7. The molecule has 3 aromatic rings. The zero-order chi connectivity index (χ0) is 21.7. The highest BCUT2D eigenvalue weighted by molar-refractivity contribution is 6.05. The van der Waals surface area contributed by atoms with Crippen LogP contribution in [0, 0.1) is 0 Å². The Hall–Kier alpha value is -3.67. The van der Waals surface area contributed by atoms with Gasteiger partial charge in [-0.15, -0.1) is 0 Å². The summed E-state index contributed by atoms with van der Waals surface area (Å²) in [4.78, 5) is 30.6. The summed E-state index contributed by atoms with van der Waals surface area (Å²) >= 11 is 0. The Morgan fingerprint density at radius 2 is 1.67 bits per heavy atom. The molecule has 0 aliphatic heterocycles. The van der Waals surface area contributed by atoms with E-state index in [0.717, 1.165) is 11.1 Å². The van der Waals surface area contributed by atoms with Gasteiger partial charge in [0.25, 0.3) is 5.91 Å². The summed E-state index contributed by atoms with van der Waals surface area (Å²) in [5.41, 5.74) is 2.88. The second-order valence-electron chi connectivity index (χ2n) is 7.87. The fraction of sp³-hybridized carbons (Fsp3) is 0.208. The number of hydrogen-bond acceptors (Lipinski definition) is 4. The maximum atomic E-state index is 12.7. The predicted octanol–water partition coefficient (Wildman–Crippen LogP) is 5.37. The van der Waals surface area contributed by atoms with E-state index in [-0.39, 0.29) is 5.91 Å². The van der Waals surface area contributed by atoms with Gasteiger partial charge in [0.1, 0.15) is 5.60 Å². The van der Waals surface area contributed by atoms with Crippen molar-refractivity contribution in [1.82, 2.24) is 4.98 Å². The van der Waals surface area contributed by atoms with Crippen molar-refractivity contribution in [3.8, 4) is 11.1 Å². The largest absolute Gasteiger partial charge is 0.443 e. The lowest BCUT2D eigenvalue weighted by Gasteiger charge is -2.25. The Bertz CT molecular complexity index is 1040. The number of carbonyl (C=O) groups is 2. The van der Waals surface area contributed by atoms with Gasteiger partial charge in [0, 0.05) is 36.4 Å². The van der Waals surface area contributed by atoms with Crippen LogP contribution in [0.4, 0.5) is 16.2 Å². The quantitative estimate of drug-likeness (QED) is 0.635. The first kappa shape index (κ1) is 21.0. The monoisotopic (exact) mass is 403 g/mol. The molecular weight excluding hydrogens is 378 g/mol. The average Bonchev–Trinajstić information content (AvgIpc) is 2.73. The van der Waals surface area contributed by atoms with Crippen LogP contribution in [-0.4, -0.2) is 29.6 Å². The normalized spacial score (nSPS) is 10.9. The zero-order valence-corrected chi connectivity index (χ0v) is 17.5. The number of hydrogen-bond donors (Lipinski definition) is 1. The number of aromatic nitrogens is 1. The van der Waals surface area contributed by atoms with E-state index in [9.17, 15) is 9.59 Å². The summed E-state index contributed by atoms with van der Waals surface area (Å²) in [6, 6.07) is 18.6. The molecule has 0 bridgehead atoms. The minimum absolute atomic E-state index is 0.280. The molecule has 2 aromatic carbocycles.